The number of ether oxygens (including phenoxy) is 1. The monoisotopic (exact) mass is 317 g/mol. The van der Waals surface area contributed by atoms with Crippen LogP contribution in [-0.2, 0) is 13.2 Å². The standard InChI is InChI=1S/C19H24FNO2/c1-13(2)23-18-7-5-16(6-8-18)14(3)21-11-15-4-9-19(20)17(10-15)12-22/h4-10,13-14,21-22H,11-12H2,1-3H3. The largest absolute Gasteiger partial charge is 0.491 e. The molecule has 124 valence electrons. The molecule has 2 aromatic carbocycles. The van der Waals surface area contributed by atoms with Crippen molar-refractivity contribution in [2.24, 2.45) is 0 Å². The quantitative estimate of drug-likeness (QED) is 0.812. The van der Waals surface area contributed by atoms with Gasteiger partial charge >= 0.3 is 0 Å². The lowest BCUT2D eigenvalue weighted by Crippen LogP contribution is -2.18. The minimum atomic E-state index is -0.370. The number of halogens is 1. The number of aliphatic hydroxyl groups excluding tert-OH is 1. The number of hydrogen-bond acceptors (Lipinski definition) is 3. The molecule has 2 aromatic rings. The second-order valence-electron chi connectivity index (χ2n) is 5.92. The SMILES string of the molecule is CC(C)Oc1ccc(C(C)NCc2ccc(F)c(CO)c2)cc1. The number of benzene rings is 2. The van der Waals surface area contributed by atoms with Gasteiger partial charge in [0.25, 0.3) is 0 Å². The second-order valence-corrected chi connectivity index (χ2v) is 5.92. The molecule has 0 aliphatic heterocycles. The minimum absolute atomic E-state index is 0.158. The van der Waals surface area contributed by atoms with E-state index in [-0.39, 0.29) is 24.6 Å². The highest BCUT2D eigenvalue weighted by molar-refractivity contribution is 5.29. The predicted octanol–water partition coefficient (Wildman–Crippen LogP) is 3.96. The van der Waals surface area contributed by atoms with Gasteiger partial charge in [0.05, 0.1) is 12.7 Å². The molecular weight excluding hydrogens is 293 g/mol. The van der Waals surface area contributed by atoms with E-state index >= 15 is 0 Å². The summed E-state index contributed by atoms with van der Waals surface area (Å²) < 4.78 is 19.0. The van der Waals surface area contributed by atoms with Gasteiger partial charge < -0.3 is 15.2 Å². The van der Waals surface area contributed by atoms with Crippen molar-refractivity contribution >= 4 is 0 Å². The molecule has 0 saturated carbocycles. The van der Waals surface area contributed by atoms with Crippen LogP contribution in [0.4, 0.5) is 4.39 Å². The van der Waals surface area contributed by atoms with Gasteiger partial charge in [0.2, 0.25) is 0 Å². The Balaban J connectivity index is 1.95. The summed E-state index contributed by atoms with van der Waals surface area (Å²) in [4.78, 5) is 0. The van der Waals surface area contributed by atoms with Gasteiger partial charge in [-0.05, 0) is 56.2 Å². The molecule has 1 atom stereocenters. The number of hydrogen-bond donors (Lipinski definition) is 2. The van der Waals surface area contributed by atoms with E-state index in [1.807, 2.05) is 38.1 Å². The van der Waals surface area contributed by atoms with Gasteiger partial charge in [-0.25, -0.2) is 4.39 Å². The van der Waals surface area contributed by atoms with Crippen molar-refractivity contribution in [3.8, 4) is 5.75 Å². The normalized spacial score (nSPS) is 12.4. The van der Waals surface area contributed by atoms with Crippen LogP contribution in [0.1, 0.15) is 43.5 Å². The topological polar surface area (TPSA) is 41.5 Å². The number of nitrogens with one attached hydrogen (secondary N) is 1. The van der Waals surface area contributed by atoms with E-state index in [1.54, 1.807) is 12.1 Å². The van der Waals surface area contributed by atoms with Gasteiger partial charge in [-0.3, -0.25) is 0 Å². The molecule has 1 unspecified atom stereocenters. The van der Waals surface area contributed by atoms with Gasteiger partial charge in [-0.15, -0.1) is 0 Å². The highest BCUT2D eigenvalue weighted by Crippen LogP contribution is 2.19. The average Bonchev–Trinajstić information content (AvgIpc) is 2.54. The maximum Gasteiger partial charge on any atom is 0.128 e. The van der Waals surface area contributed by atoms with Crippen LogP contribution < -0.4 is 10.1 Å². The first-order chi connectivity index (χ1) is 11.0. The van der Waals surface area contributed by atoms with Crippen LogP contribution >= 0.6 is 0 Å². The van der Waals surface area contributed by atoms with Crippen molar-refractivity contribution < 1.29 is 14.2 Å². The molecule has 2 rings (SSSR count). The van der Waals surface area contributed by atoms with Crippen molar-refractivity contribution in [3.63, 3.8) is 0 Å². The first-order valence-corrected chi connectivity index (χ1v) is 7.87. The lowest BCUT2D eigenvalue weighted by Gasteiger charge is -2.16. The molecule has 0 fully saturated rings. The maximum absolute atomic E-state index is 13.4. The zero-order valence-corrected chi connectivity index (χ0v) is 13.8. The Hall–Kier alpha value is -1.91. The third kappa shape index (κ3) is 5.05. The van der Waals surface area contributed by atoms with E-state index in [0.717, 1.165) is 16.9 Å². The van der Waals surface area contributed by atoms with Crippen LogP contribution in [0.15, 0.2) is 42.5 Å². The van der Waals surface area contributed by atoms with Gasteiger partial charge in [-0.2, -0.15) is 0 Å². The van der Waals surface area contributed by atoms with E-state index in [0.29, 0.717) is 12.1 Å². The van der Waals surface area contributed by atoms with E-state index < -0.39 is 0 Å². The molecule has 0 spiro atoms. The predicted molar refractivity (Wildman–Crippen MR) is 89.8 cm³/mol. The summed E-state index contributed by atoms with van der Waals surface area (Å²) in [5, 5.41) is 12.5. The summed E-state index contributed by atoms with van der Waals surface area (Å²) in [5.74, 6) is 0.493. The van der Waals surface area contributed by atoms with E-state index in [1.165, 1.54) is 6.07 Å². The van der Waals surface area contributed by atoms with Crippen molar-refractivity contribution in [1.82, 2.24) is 5.32 Å². The highest BCUT2D eigenvalue weighted by Gasteiger charge is 2.07. The summed E-state index contributed by atoms with van der Waals surface area (Å²) in [7, 11) is 0. The van der Waals surface area contributed by atoms with Crippen LogP contribution in [0.2, 0.25) is 0 Å². The summed E-state index contributed by atoms with van der Waals surface area (Å²) in [6.07, 6.45) is 0.163. The van der Waals surface area contributed by atoms with Gasteiger partial charge in [0.1, 0.15) is 11.6 Å². The van der Waals surface area contributed by atoms with Crippen molar-refractivity contribution in [2.45, 2.75) is 46.1 Å². The number of aliphatic hydroxyl groups is 1. The average molecular weight is 317 g/mol. The molecule has 2 N–H and O–H groups in total. The molecule has 0 radical (unpaired) electrons. The van der Waals surface area contributed by atoms with E-state index in [2.05, 4.69) is 12.2 Å². The van der Waals surface area contributed by atoms with Crippen molar-refractivity contribution in [3.05, 3.63) is 65.0 Å². The second kappa shape index (κ2) is 8.09. The molecular formula is C19H24FNO2. The fourth-order valence-electron chi connectivity index (χ4n) is 2.36. The van der Waals surface area contributed by atoms with E-state index in [9.17, 15) is 4.39 Å². The molecule has 0 saturated heterocycles. The lowest BCUT2D eigenvalue weighted by molar-refractivity contribution is 0.242. The fourth-order valence-corrected chi connectivity index (χ4v) is 2.36. The van der Waals surface area contributed by atoms with Crippen LogP contribution in [0.5, 0.6) is 5.75 Å². The van der Waals surface area contributed by atoms with Crippen LogP contribution in [0.25, 0.3) is 0 Å². The smallest absolute Gasteiger partial charge is 0.128 e. The Bertz CT molecular complexity index is 626. The molecule has 23 heavy (non-hydrogen) atoms. The van der Waals surface area contributed by atoms with Crippen molar-refractivity contribution in [2.75, 3.05) is 0 Å². The fraction of sp³-hybridized carbons (Fsp3) is 0.368. The molecule has 0 amide bonds. The first-order valence-electron chi connectivity index (χ1n) is 7.87. The Labute approximate surface area is 137 Å². The highest BCUT2D eigenvalue weighted by atomic mass is 19.1. The Kier molecular flexibility index (Phi) is 6.13. The van der Waals surface area contributed by atoms with Crippen molar-refractivity contribution in [1.29, 1.82) is 0 Å². The van der Waals surface area contributed by atoms with Crippen LogP contribution in [0, 0.1) is 5.82 Å². The summed E-state index contributed by atoms with van der Waals surface area (Å²) in [6, 6.07) is 13.0. The molecule has 0 bridgehead atoms. The third-order valence-corrected chi connectivity index (χ3v) is 3.64. The van der Waals surface area contributed by atoms with Gasteiger partial charge in [0.15, 0.2) is 0 Å². The van der Waals surface area contributed by atoms with Crippen LogP contribution in [-0.4, -0.2) is 11.2 Å². The number of rotatable bonds is 7. The summed E-state index contributed by atoms with van der Waals surface area (Å²) in [5.41, 5.74) is 2.43. The molecule has 4 heteroatoms. The molecule has 0 aromatic heterocycles. The third-order valence-electron chi connectivity index (χ3n) is 3.64. The molecule has 0 aliphatic carbocycles. The lowest BCUT2D eigenvalue weighted by atomic mass is 10.1. The zero-order valence-electron chi connectivity index (χ0n) is 13.8. The Morgan fingerprint density at radius 2 is 1.78 bits per heavy atom. The Morgan fingerprint density at radius 3 is 2.39 bits per heavy atom. The summed E-state index contributed by atoms with van der Waals surface area (Å²) in [6.45, 7) is 6.41. The van der Waals surface area contributed by atoms with Gasteiger partial charge in [0, 0.05) is 18.2 Å². The molecule has 3 nitrogen and oxygen atoms in total. The van der Waals surface area contributed by atoms with E-state index in [4.69, 9.17) is 9.84 Å². The molecule has 0 aliphatic rings. The Morgan fingerprint density at radius 1 is 1.09 bits per heavy atom. The minimum Gasteiger partial charge on any atom is -0.491 e. The maximum atomic E-state index is 13.4. The first kappa shape index (κ1) is 17.4. The van der Waals surface area contributed by atoms with Gasteiger partial charge in [-0.1, -0.05) is 18.2 Å². The zero-order chi connectivity index (χ0) is 16.8. The molecule has 0 heterocycles. The summed E-state index contributed by atoms with van der Waals surface area (Å²) >= 11 is 0. The van der Waals surface area contributed by atoms with Crippen LogP contribution in [0.3, 0.4) is 0 Å².